The van der Waals surface area contributed by atoms with Gasteiger partial charge in [-0.1, -0.05) is 0 Å². The molecule has 1 heterocycles. The Bertz CT molecular complexity index is 664. The number of hydrogen-bond acceptors (Lipinski definition) is 2. The Morgan fingerprint density at radius 1 is 0.909 bits per heavy atom. The molecule has 0 radical (unpaired) electrons. The molecule has 2 aromatic carbocycles. The molecule has 0 N–H and O–H groups in total. The van der Waals surface area contributed by atoms with Crippen LogP contribution in [0.25, 0.3) is 0 Å². The van der Waals surface area contributed by atoms with Crippen LogP contribution in [0.5, 0.6) is 0 Å². The van der Waals surface area contributed by atoms with Crippen LogP contribution in [0.3, 0.4) is 0 Å². The summed E-state index contributed by atoms with van der Waals surface area (Å²) >= 11 is 0.261. The average Bonchev–Trinajstić information content (AvgIpc) is 2.82. The van der Waals surface area contributed by atoms with Crippen LogP contribution < -0.4 is 4.46 Å². The number of hydrogen-bond donors (Lipinski definition) is 0. The van der Waals surface area contributed by atoms with Crippen molar-refractivity contribution in [1.29, 1.82) is 0 Å². The van der Waals surface area contributed by atoms with E-state index in [1.807, 2.05) is 37.3 Å². The zero-order valence-corrected chi connectivity index (χ0v) is 14.1. The van der Waals surface area contributed by atoms with E-state index in [-0.39, 0.29) is 32.8 Å². The quantitative estimate of drug-likeness (QED) is 0.608. The summed E-state index contributed by atoms with van der Waals surface area (Å²) < 4.78 is 1.30. The van der Waals surface area contributed by atoms with E-state index in [2.05, 4.69) is 12.1 Å². The molecule has 0 aliphatic carbocycles. The third-order valence-electron chi connectivity index (χ3n) is 3.85. The van der Waals surface area contributed by atoms with Gasteiger partial charge in [-0.15, -0.1) is 0 Å². The third kappa shape index (κ3) is 2.72. The van der Waals surface area contributed by atoms with Gasteiger partial charge in [-0.05, 0) is 0 Å². The predicted molar refractivity (Wildman–Crippen MR) is 87.7 cm³/mol. The number of nitrogens with zero attached hydrogens (tertiary/aromatic N) is 1. The Morgan fingerprint density at radius 2 is 1.45 bits per heavy atom. The zero-order valence-electron chi connectivity index (χ0n) is 12.4. The summed E-state index contributed by atoms with van der Waals surface area (Å²) in [6, 6.07) is 17.3. The molecule has 2 aromatic rings. The first-order valence-corrected chi connectivity index (χ1v) is 9.44. The predicted octanol–water partition coefficient (Wildman–Crippen LogP) is 2.51. The molecule has 0 spiro atoms. The van der Waals surface area contributed by atoms with Crippen LogP contribution in [0.1, 0.15) is 34.1 Å². The minimum absolute atomic E-state index is 0.0207. The van der Waals surface area contributed by atoms with Crippen molar-refractivity contribution in [3.63, 3.8) is 0 Å². The van der Waals surface area contributed by atoms with Crippen molar-refractivity contribution in [2.45, 2.75) is 24.7 Å². The molecule has 1 aliphatic rings. The van der Waals surface area contributed by atoms with Gasteiger partial charge in [0, 0.05) is 0 Å². The molecule has 1 unspecified atom stereocenters. The molecule has 0 aromatic heterocycles. The van der Waals surface area contributed by atoms with E-state index in [0.717, 1.165) is 11.7 Å². The van der Waals surface area contributed by atoms with Crippen molar-refractivity contribution in [1.82, 2.24) is 4.90 Å². The van der Waals surface area contributed by atoms with E-state index in [9.17, 15) is 9.59 Å². The number of rotatable bonds is 5. The van der Waals surface area contributed by atoms with Gasteiger partial charge in [0.25, 0.3) is 0 Å². The van der Waals surface area contributed by atoms with Crippen molar-refractivity contribution >= 4 is 31.2 Å². The minimum atomic E-state index is -0.142. The van der Waals surface area contributed by atoms with Crippen LogP contribution in [0, 0.1) is 0 Å². The van der Waals surface area contributed by atoms with Crippen LogP contribution >= 0.6 is 0 Å². The van der Waals surface area contributed by atoms with E-state index in [1.165, 1.54) is 9.36 Å². The van der Waals surface area contributed by atoms with Crippen LogP contribution in [0.4, 0.5) is 0 Å². The molecule has 112 valence electrons. The zero-order chi connectivity index (χ0) is 15.5. The second-order valence-electron chi connectivity index (χ2n) is 5.21. The standard InChI is InChI=1S/C18H17NO2Se/c1-2-13(12-22-14-8-4-3-5-9-14)19-17(20)15-10-6-7-11-16(15)18(19)21/h3-11,13H,2,12H2,1H3. The second-order valence-corrected chi connectivity index (χ2v) is 7.51. The first-order chi connectivity index (χ1) is 10.7. The summed E-state index contributed by atoms with van der Waals surface area (Å²) in [5.74, 6) is -0.285. The summed E-state index contributed by atoms with van der Waals surface area (Å²) in [7, 11) is 0. The van der Waals surface area contributed by atoms with Crippen LogP contribution in [-0.2, 0) is 0 Å². The maximum atomic E-state index is 12.5. The summed E-state index contributed by atoms with van der Waals surface area (Å²) in [5, 5.41) is 0.860. The number of imide groups is 1. The van der Waals surface area contributed by atoms with Gasteiger partial charge in [-0.2, -0.15) is 0 Å². The van der Waals surface area contributed by atoms with Gasteiger partial charge in [0.15, 0.2) is 0 Å². The SMILES string of the molecule is CCC(C[Se]c1ccccc1)N1C(=O)c2ccccc2C1=O. The molecule has 1 aliphatic heterocycles. The van der Waals surface area contributed by atoms with Gasteiger partial charge >= 0.3 is 136 Å². The normalized spacial score (nSPS) is 15.0. The topological polar surface area (TPSA) is 37.4 Å². The molecule has 0 saturated heterocycles. The fourth-order valence-electron chi connectivity index (χ4n) is 2.62. The van der Waals surface area contributed by atoms with Crippen molar-refractivity contribution in [2.75, 3.05) is 0 Å². The van der Waals surface area contributed by atoms with Crippen LogP contribution in [-0.4, -0.2) is 37.7 Å². The first-order valence-electron chi connectivity index (χ1n) is 7.37. The summed E-state index contributed by atoms with van der Waals surface area (Å²) in [6.45, 7) is 2.04. The van der Waals surface area contributed by atoms with Gasteiger partial charge in [0.1, 0.15) is 0 Å². The van der Waals surface area contributed by atoms with Crippen LogP contribution in [0.15, 0.2) is 54.6 Å². The Labute approximate surface area is 136 Å². The Hall–Kier alpha value is -1.90. The first kappa shape index (κ1) is 15.0. The fraction of sp³-hybridized carbons (Fsp3) is 0.222. The molecule has 1 atom stereocenters. The number of benzene rings is 2. The molecule has 0 bridgehead atoms. The Balaban J connectivity index is 1.77. The molecule has 0 fully saturated rings. The van der Waals surface area contributed by atoms with E-state index in [0.29, 0.717) is 11.1 Å². The number of carbonyl (C=O) groups is 2. The fourth-order valence-corrected chi connectivity index (χ4v) is 4.97. The molecular weight excluding hydrogens is 341 g/mol. The summed E-state index contributed by atoms with van der Waals surface area (Å²) in [4.78, 5) is 26.5. The monoisotopic (exact) mass is 359 g/mol. The maximum absolute atomic E-state index is 12.5. The molecule has 2 amide bonds. The van der Waals surface area contributed by atoms with Gasteiger partial charge in [0.2, 0.25) is 0 Å². The molecule has 3 rings (SSSR count). The van der Waals surface area contributed by atoms with Crippen molar-refractivity contribution in [2.24, 2.45) is 0 Å². The Morgan fingerprint density at radius 3 is 2.00 bits per heavy atom. The van der Waals surface area contributed by atoms with Gasteiger partial charge < -0.3 is 0 Å². The Kier molecular flexibility index (Phi) is 4.41. The summed E-state index contributed by atoms with van der Waals surface area (Å²) in [5.41, 5.74) is 1.08. The average molecular weight is 358 g/mol. The van der Waals surface area contributed by atoms with Crippen molar-refractivity contribution in [3.05, 3.63) is 65.7 Å². The molecule has 3 nitrogen and oxygen atoms in total. The van der Waals surface area contributed by atoms with E-state index < -0.39 is 0 Å². The van der Waals surface area contributed by atoms with E-state index in [1.54, 1.807) is 12.1 Å². The third-order valence-corrected chi connectivity index (χ3v) is 6.27. The molecule has 0 saturated carbocycles. The van der Waals surface area contributed by atoms with Gasteiger partial charge in [-0.25, -0.2) is 0 Å². The van der Waals surface area contributed by atoms with E-state index >= 15 is 0 Å². The number of carbonyl (C=O) groups excluding carboxylic acids is 2. The molecule has 22 heavy (non-hydrogen) atoms. The number of fused-ring (bicyclic) bond motifs is 1. The van der Waals surface area contributed by atoms with E-state index in [4.69, 9.17) is 0 Å². The molecular formula is C18H17NO2Se. The molecule has 4 heteroatoms. The second kappa shape index (κ2) is 6.47. The van der Waals surface area contributed by atoms with Gasteiger partial charge in [0.05, 0.1) is 0 Å². The summed E-state index contributed by atoms with van der Waals surface area (Å²) in [6.07, 6.45) is 0.792. The van der Waals surface area contributed by atoms with Gasteiger partial charge in [-0.3, -0.25) is 0 Å². The number of amides is 2. The van der Waals surface area contributed by atoms with Crippen molar-refractivity contribution in [3.8, 4) is 0 Å². The van der Waals surface area contributed by atoms with Crippen molar-refractivity contribution < 1.29 is 9.59 Å². The van der Waals surface area contributed by atoms with Crippen LogP contribution in [0.2, 0.25) is 5.32 Å².